The molecule has 0 aliphatic carbocycles. The highest BCUT2D eigenvalue weighted by Gasteiger charge is 2.33. The van der Waals surface area contributed by atoms with Gasteiger partial charge in [-0.15, -0.1) is 0 Å². The van der Waals surface area contributed by atoms with Gasteiger partial charge in [0.25, 0.3) is 0 Å². The first-order valence-electron chi connectivity index (χ1n) is 6.61. The molecule has 1 amide bonds. The van der Waals surface area contributed by atoms with E-state index in [0.29, 0.717) is 4.88 Å². The molecule has 1 aromatic heterocycles. The maximum absolute atomic E-state index is 12.0. The number of benzene rings is 1. The van der Waals surface area contributed by atoms with Crippen LogP contribution in [0.1, 0.15) is 23.8 Å². The Morgan fingerprint density at radius 2 is 2.05 bits per heavy atom. The van der Waals surface area contributed by atoms with Crippen LogP contribution in [-0.2, 0) is 21.7 Å². The molecule has 2 aromatic rings. The van der Waals surface area contributed by atoms with Crippen LogP contribution in [0.2, 0.25) is 0 Å². The van der Waals surface area contributed by atoms with Crippen LogP contribution in [0.25, 0.3) is 0 Å². The number of nitrogens with one attached hydrogen (secondary N) is 1. The van der Waals surface area contributed by atoms with Crippen molar-refractivity contribution in [3.05, 3.63) is 53.0 Å². The molecule has 7 heteroatoms. The summed E-state index contributed by atoms with van der Waals surface area (Å²) in [6, 6.07) is 10.9. The van der Waals surface area contributed by atoms with E-state index in [0.717, 1.165) is 17.1 Å². The third-order valence-electron chi connectivity index (χ3n) is 3.08. The molecule has 2 N–H and O–H groups in total. The zero-order valence-corrected chi connectivity index (χ0v) is 12.8. The van der Waals surface area contributed by atoms with Crippen molar-refractivity contribution in [2.75, 3.05) is 0 Å². The van der Waals surface area contributed by atoms with Gasteiger partial charge in [-0.3, -0.25) is 4.79 Å². The van der Waals surface area contributed by atoms with Crippen LogP contribution < -0.4 is 5.32 Å². The number of aromatic nitrogens is 1. The number of alkyl carbamates (subject to hydrolysis) is 1. The van der Waals surface area contributed by atoms with Gasteiger partial charge in [-0.05, 0) is 30.1 Å². The largest absolute Gasteiger partial charge is 0.481 e. The average molecular weight is 320 g/mol. The Bertz CT molecular complexity index is 630. The van der Waals surface area contributed by atoms with E-state index in [9.17, 15) is 9.59 Å². The van der Waals surface area contributed by atoms with Gasteiger partial charge in [0.05, 0.1) is 16.8 Å². The Kier molecular flexibility index (Phi) is 5.11. The van der Waals surface area contributed by atoms with Gasteiger partial charge in [0.15, 0.2) is 0 Å². The monoisotopic (exact) mass is 320 g/mol. The highest BCUT2D eigenvalue weighted by atomic mass is 32.1. The highest BCUT2D eigenvalue weighted by molar-refractivity contribution is 7.05. The molecule has 22 heavy (non-hydrogen) atoms. The molecule has 0 aliphatic rings. The molecule has 6 nitrogen and oxygen atoms in total. The molecule has 1 unspecified atom stereocenters. The molecular weight excluding hydrogens is 304 g/mol. The lowest BCUT2D eigenvalue weighted by Gasteiger charge is -2.27. The molecular formula is C15H16N2O4S. The standard InChI is InChI=1S/C15H16N2O4S/c1-15(9-13(18)19,12-7-8-16-22-12)17-14(20)21-10-11-5-3-2-4-6-11/h2-8H,9-10H2,1H3,(H,17,20)(H,18,19). The van der Waals surface area contributed by atoms with E-state index in [1.165, 1.54) is 0 Å². The van der Waals surface area contributed by atoms with Crippen LogP contribution in [-0.4, -0.2) is 21.5 Å². The van der Waals surface area contributed by atoms with E-state index < -0.39 is 17.6 Å². The number of nitrogens with zero attached hydrogens (tertiary/aromatic N) is 1. The first kappa shape index (κ1) is 16.0. The lowest BCUT2D eigenvalue weighted by molar-refractivity contribution is -0.138. The van der Waals surface area contributed by atoms with Crippen molar-refractivity contribution < 1.29 is 19.4 Å². The van der Waals surface area contributed by atoms with Gasteiger partial charge < -0.3 is 15.2 Å². The summed E-state index contributed by atoms with van der Waals surface area (Å²) in [5, 5.41) is 11.7. The quantitative estimate of drug-likeness (QED) is 0.854. The van der Waals surface area contributed by atoms with Gasteiger partial charge in [0, 0.05) is 6.20 Å². The molecule has 0 radical (unpaired) electrons. The van der Waals surface area contributed by atoms with Crippen molar-refractivity contribution in [2.45, 2.75) is 25.5 Å². The highest BCUT2D eigenvalue weighted by Crippen LogP contribution is 2.27. The summed E-state index contributed by atoms with van der Waals surface area (Å²) in [6.07, 6.45) is 0.646. The zero-order valence-electron chi connectivity index (χ0n) is 12.0. The Balaban J connectivity index is 2.01. The molecule has 0 aliphatic heterocycles. The number of amides is 1. The van der Waals surface area contributed by atoms with Crippen molar-refractivity contribution >= 4 is 23.6 Å². The van der Waals surface area contributed by atoms with Gasteiger partial charge in [-0.2, -0.15) is 0 Å². The lowest BCUT2D eigenvalue weighted by Crippen LogP contribution is -2.44. The maximum atomic E-state index is 12.0. The number of carboxylic acids is 1. The van der Waals surface area contributed by atoms with E-state index in [1.807, 2.05) is 30.3 Å². The summed E-state index contributed by atoms with van der Waals surface area (Å²) < 4.78 is 9.10. The Hall–Kier alpha value is -2.41. The minimum absolute atomic E-state index is 0.124. The second-order valence-corrected chi connectivity index (χ2v) is 5.80. The summed E-state index contributed by atoms with van der Waals surface area (Å²) in [4.78, 5) is 23.7. The maximum Gasteiger partial charge on any atom is 0.408 e. The van der Waals surface area contributed by atoms with Crippen LogP contribution in [0.15, 0.2) is 42.6 Å². The van der Waals surface area contributed by atoms with Crippen LogP contribution in [0, 0.1) is 0 Å². The minimum Gasteiger partial charge on any atom is -0.481 e. The smallest absolute Gasteiger partial charge is 0.408 e. The predicted octanol–water partition coefficient (Wildman–Crippen LogP) is 2.76. The molecule has 116 valence electrons. The van der Waals surface area contributed by atoms with Crippen molar-refractivity contribution in [2.24, 2.45) is 0 Å². The molecule has 0 bridgehead atoms. The molecule has 1 aromatic carbocycles. The number of carbonyl (C=O) groups excluding carboxylic acids is 1. The second kappa shape index (κ2) is 7.04. The number of carboxylic acid groups (broad SMARTS) is 1. The van der Waals surface area contributed by atoms with Gasteiger partial charge in [-0.1, -0.05) is 30.3 Å². The molecule has 1 atom stereocenters. The number of ether oxygens (including phenoxy) is 1. The van der Waals surface area contributed by atoms with Crippen LogP contribution in [0.5, 0.6) is 0 Å². The summed E-state index contributed by atoms with van der Waals surface area (Å²) in [7, 11) is 0. The molecule has 1 heterocycles. The first-order chi connectivity index (χ1) is 10.5. The third-order valence-corrected chi connectivity index (χ3v) is 4.09. The van der Waals surface area contributed by atoms with Crippen LogP contribution in [0.3, 0.4) is 0 Å². The van der Waals surface area contributed by atoms with E-state index >= 15 is 0 Å². The molecule has 0 spiro atoms. The fourth-order valence-electron chi connectivity index (χ4n) is 1.98. The zero-order chi connectivity index (χ0) is 16.0. The Morgan fingerprint density at radius 3 is 2.64 bits per heavy atom. The molecule has 0 saturated carbocycles. The number of carbonyl (C=O) groups is 2. The van der Waals surface area contributed by atoms with Gasteiger partial charge in [0.2, 0.25) is 0 Å². The van der Waals surface area contributed by atoms with Crippen molar-refractivity contribution in [3.63, 3.8) is 0 Å². The van der Waals surface area contributed by atoms with E-state index in [-0.39, 0.29) is 13.0 Å². The predicted molar refractivity (Wildman–Crippen MR) is 81.5 cm³/mol. The molecule has 2 rings (SSSR count). The number of rotatable bonds is 6. The fourth-order valence-corrected chi connectivity index (χ4v) is 2.66. The summed E-state index contributed by atoms with van der Waals surface area (Å²) >= 11 is 1.14. The Labute approximate surface area is 131 Å². The lowest BCUT2D eigenvalue weighted by atomic mass is 9.96. The average Bonchev–Trinajstić information content (AvgIpc) is 3.00. The van der Waals surface area contributed by atoms with E-state index in [1.54, 1.807) is 19.2 Å². The SMILES string of the molecule is CC(CC(=O)O)(NC(=O)OCc1ccccc1)c1ccns1. The van der Waals surface area contributed by atoms with Crippen molar-refractivity contribution in [1.82, 2.24) is 9.69 Å². The molecule has 0 fully saturated rings. The van der Waals surface area contributed by atoms with Crippen LogP contribution >= 0.6 is 11.5 Å². The second-order valence-electron chi connectivity index (χ2n) is 4.97. The minimum atomic E-state index is -1.05. The topological polar surface area (TPSA) is 88.5 Å². The van der Waals surface area contributed by atoms with Crippen molar-refractivity contribution in [1.29, 1.82) is 0 Å². The van der Waals surface area contributed by atoms with Crippen LogP contribution in [0.4, 0.5) is 4.79 Å². The summed E-state index contributed by atoms with van der Waals surface area (Å²) in [6.45, 7) is 1.76. The fraction of sp³-hybridized carbons (Fsp3) is 0.267. The van der Waals surface area contributed by atoms with E-state index in [2.05, 4.69) is 9.69 Å². The summed E-state index contributed by atoms with van der Waals surface area (Å²) in [5.41, 5.74) is -0.198. The number of aliphatic carboxylic acids is 1. The number of hydrogen-bond donors (Lipinski definition) is 2. The third kappa shape index (κ3) is 4.29. The van der Waals surface area contributed by atoms with E-state index in [4.69, 9.17) is 9.84 Å². The molecule has 0 saturated heterocycles. The first-order valence-corrected chi connectivity index (χ1v) is 7.39. The summed E-state index contributed by atoms with van der Waals surface area (Å²) in [5.74, 6) is -1.01. The Morgan fingerprint density at radius 1 is 1.32 bits per heavy atom. The van der Waals surface area contributed by atoms with Gasteiger partial charge >= 0.3 is 12.1 Å². The van der Waals surface area contributed by atoms with Gasteiger partial charge in [0.1, 0.15) is 6.61 Å². The number of hydrogen-bond acceptors (Lipinski definition) is 5. The van der Waals surface area contributed by atoms with Gasteiger partial charge in [-0.25, -0.2) is 9.17 Å². The normalized spacial score (nSPS) is 13.1. The van der Waals surface area contributed by atoms with Crippen molar-refractivity contribution in [3.8, 4) is 0 Å².